The van der Waals surface area contributed by atoms with Crippen LogP contribution >= 0.6 is 11.8 Å². The molecule has 0 amide bonds. The molecule has 0 fully saturated rings. The Hall–Kier alpha value is -1.72. The predicted molar refractivity (Wildman–Crippen MR) is 73.7 cm³/mol. The topological polar surface area (TPSA) is 57.4 Å². The van der Waals surface area contributed by atoms with Crippen LogP contribution in [0.1, 0.15) is 5.56 Å². The molecule has 3 rings (SSSR count). The number of nitrogens with two attached hydrogens (primary N) is 1. The van der Waals surface area contributed by atoms with E-state index in [1.807, 2.05) is 30.3 Å². The SMILES string of the molecule is NCc1ccnc(Sc2ccc3c(c2)OCCO3)c1. The Labute approximate surface area is 115 Å². The summed E-state index contributed by atoms with van der Waals surface area (Å²) in [5, 5.41) is 0.930. The Morgan fingerprint density at radius 2 is 1.95 bits per heavy atom. The molecule has 2 heterocycles. The lowest BCUT2D eigenvalue weighted by Gasteiger charge is -2.18. The summed E-state index contributed by atoms with van der Waals surface area (Å²) in [6.45, 7) is 1.73. The van der Waals surface area contributed by atoms with Crippen LogP contribution in [0.15, 0.2) is 46.5 Å². The molecule has 0 spiro atoms. The summed E-state index contributed by atoms with van der Waals surface area (Å²) in [6, 6.07) is 9.85. The van der Waals surface area contributed by atoms with Gasteiger partial charge in [0.25, 0.3) is 0 Å². The Morgan fingerprint density at radius 1 is 1.11 bits per heavy atom. The highest BCUT2D eigenvalue weighted by atomic mass is 32.2. The standard InChI is InChI=1S/C14H14N2O2S/c15-9-10-3-4-16-14(7-10)19-11-1-2-12-13(8-11)18-6-5-17-12/h1-4,7-8H,5-6,9,15H2. The minimum atomic E-state index is 0.525. The number of hydrogen-bond donors (Lipinski definition) is 1. The molecule has 5 heteroatoms. The van der Waals surface area contributed by atoms with Crippen molar-refractivity contribution in [1.82, 2.24) is 4.98 Å². The molecule has 98 valence electrons. The number of nitrogens with zero attached hydrogens (tertiary/aromatic N) is 1. The molecule has 0 saturated heterocycles. The maximum absolute atomic E-state index is 5.63. The average molecular weight is 274 g/mol. The van der Waals surface area contributed by atoms with E-state index < -0.39 is 0 Å². The first kappa shape index (κ1) is 12.3. The third-order valence-corrected chi connectivity index (χ3v) is 3.69. The van der Waals surface area contributed by atoms with E-state index in [0.29, 0.717) is 19.8 Å². The van der Waals surface area contributed by atoms with E-state index in [4.69, 9.17) is 15.2 Å². The Balaban J connectivity index is 1.82. The van der Waals surface area contributed by atoms with Gasteiger partial charge in [-0.15, -0.1) is 0 Å². The lowest BCUT2D eigenvalue weighted by atomic mass is 10.3. The van der Waals surface area contributed by atoms with Crippen LogP contribution in [0.4, 0.5) is 0 Å². The number of aromatic nitrogens is 1. The first-order valence-corrected chi connectivity index (χ1v) is 6.89. The number of hydrogen-bond acceptors (Lipinski definition) is 5. The minimum Gasteiger partial charge on any atom is -0.486 e. The van der Waals surface area contributed by atoms with Gasteiger partial charge in [-0.25, -0.2) is 4.98 Å². The quantitative estimate of drug-likeness (QED) is 0.931. The molecule has 0 saturated carbocycles. The van der Waals surface area contributed by atoms with Crippen molar-refractivity contribution in [2.24, 2.45) is 5.73 Å². The summed E-state index contributed by atoms with van der Waals surface area (Å²) in [6.07, 6.45) is 1.78. The normalized spacial score (nSPS) is 13.3. The fourth-order valence-electron chi connectivity index (χ4n) is 1.84. The molecule has 1 aliphatic heterocycles. The molecule has 2 N–H and O–H groups in total. The summed E-state index contributed by atoms with van der Waals surface area (Å²) in [5.41, 5.74) is 6.71. The largest absolute Gasteiger partial charge is 0.486 e. The molecule has 4 nitrogen and oxygen atoms in total. The van der Waals surface area contributed by atoms with Crippen molar-refractivity contribution < 1.29 is 9.47 Å². The van der Waals surface area contributed by atoms with Crippen molar-refractivity contribution in [2.75, 3.05) is 13.2 Å². The zero-order valence-corrected chi connectivity index (χ0v) is 11.2. The van der Waals surface area contributed by atoms with E-state index in [0.717, 1.165) is 27.0 Å². The molecule has 0 atom stereocenters. The lowest BCUT2D eigenvalue weighted by Crippen LogP contribution is -2.15. The first-order valence-electron chi connectivity index (χ1n) is 6.07. The van der Waals surface area contributed by atoms with Crippen molar-refractivity contribution in [2.45, 2.75) is 16.5 Å². The van der Waals surface area contributed by atoms with Crippen LogP contribution in [0.5, 0.6) is 11.5 Å². The third-order valence-electron chi connectivity index (χ3n) is 2.77. The molecule has 1 aromatic carbocycles. The van der Waals surface area contributed by atoms with Gasteiger partial charge in [-0.3, -0.25) is 0 Å². The zero-order valence-electron chi connectivity index (χ0n) is 10.3. The highest BCUT2D eigenvalue weighted by molar-refractivity contribution is 7.99. The number of rotatable bonds is 3. The van der Waals surface area contributed by atoms with E-state index in [1.54, 1.807) is 18.0 Å². The van der Waals surface area contributed by atoms with E-state index in [-0.39, 0.29) is 0 Å². The maximum Gasteiger partial charge on any atom is 0.162 e. The minimum absolute atomic E-state index is 0.525. The number of ether oxygens (including phenoxy) is 2. The molecule has 1 aromatic heterocycles. The van der Waals surface area contributed by atoms with E-state index >= 15 is 0 Å². The van der Waals surface area contributed by atoms with Crippen LogP contribution in [-0.4, -0.2) is 18.2 Å². The van der Waals surface area contributed by atoms with Gasteiger partial charge in [0.05, 0.1) is 0 Å². The smallest absolute Gasteiger partial charge is 0.162 e. The maximum atomic E-state index is 5.63. The van der Waals surface area contributed by atoms with Crippen molar-refractivity contribution in [3.63, 3.8) is 0 Å². The van der Waals surface area contributed by atoms with Gasteiger partial charge in [-0.1, -0.05) is 11.8 Å². The highest BCUT2D eigenvalue weighted by Gasteiger charge is 2.12. The van der Waals surface area contributed by atoms with Gasteiger partial charge in [-0.05, 0) is 35.9 Å². The van der Waals surface area contributed by atoms with Crippen molar-refractivity contribution in [3.8, 4) is 11.5 Å². The van der Waals surface area contributed by atoms with Crippen LogP contribution in [0.2, 0.25) is 0 Å². The van der Waals surface area contributed by atoms with Gasteiger partial charge in [0.15, 0.2) is 11.5 Å². The van der Waals surface area contributed by atoms with Gasteiger partial charge in [0, 0.05) is 17.6 Å². The lowest BCUT2D eigenvalue weighted by molar-refractivity contribution is 0.171. The second-order valence-corrected chi connectivity index (χ2v) is 5.21. The van der Waals surface area contributed by atoms with Crippen molar-refractivity contribution >= 4 is 11.8 Å². The van der Waals surface area contributed by atoms with Gasteiger partial charge in [0.1, 0.15) is 18.2 Å². The molecule has 0 unspecified atom stereocenters. The molecule has 2 aromatic rings. The van der Waals surface area contributed by atoms with Crippen molar-refractivity contribution in [1.29, 1.82) is 0 Å². The van der Waals surface area contributed by atoms with Crippen molar-refractivity contribution in [3.05, 3.63) is 42.1 Å². The van der Waals surface area contributed by atoms with Gasteiger partial charge >= 0.3 is 0 Å². The fourth-order valence-corrected chi connectivity index (χ4v) is 2.71. The predicted octanol–water partition coefficient (Wildman–Crippen LogP) is 2.46. The average Bonchev–Trinajstić information content (AvgIpc) is 2.47. The second kappa shape index (κ2) is 5.50. The summed E-state index contributed by atoms with van der Waals surface area (Å²) in [5.74, 6) is 1.60. The van der Waals surface area contributed by atoms with Crippen LogP contribution in [0.3, 0.4) is 0 Å². The summed E-state index contributed by atoms with van der Waals surface area (Å²) in [4.78, 5) is 5.40. The molecule has 0 aliphatic carbocycles. The highest BCUT2D eigenvalue weighted by Crippen LogP contribution is 2.36. The first-order chi connectivity index (χ1) is 9.35. The van der Waals surface area contributed by atoms with Gasteiger partial charge in [-0.2, -0.15) is 0 Å². The Bertz CT molecular complexity index is 589. The molecule has 1 aliphatic rings. The van der Waals surface area contributed by atoms with Gasteiger partial charge < -0.3 is 15.2 Å². The molecule has 0 bridgehead atoms. The van der Waals surface area contributed by atoms with E-state index in [9.17, 15) is 0 Å². The fraction of sp³-hybridized carbons (Fsp3) is 0.214. The molecular weight excluding hydrogens is 260 g/mol. The van der Waals surface area contributed by atoms with Gasteiger partial charge in [0.2, 0.25) is 0 Å². The van der Waals surface area contributed by atoms with Crippen LogP contribution in [0, 0.1) is 0 Å². The van der Waals surface area contributed by atoms with Crippen LogP contribution in [0.25, 0.3) is 0 Å². The number of fused-ring (bicyclic) bond motifs is 1. The van der Waals surface area contributed by atoms with E-state index in [1.165, 1.54) is 0 Å². The van der Waals surface area contributed by atoms with Crippen LogP contribution in [-0.2, 0) is 6.54 Å². The summed E-state index contributed by atoms with van der Waals surface area (Å²) >= 11 is 1.59. The van der Waals surface area contributed by atoms with E-state index in [2.05, 4.69) is 4.98 Å². The van der Waals surface area contributed by atoms with Crippen LogP contribution < -0.4 is 15.2 Å². The second-order valence-electron chi connectivity index (χ2n) is 4.11. The summed E-state index contributed by atoms with van der Waals surface area (Å²) < 4.78 is 11.1. The zero-order chi connectivity index (χ0) is 13.1. The molecule has 19 heavy (non-hydrogen) atoms. The Kier molecular flexibility index (Phi) is 3.57. The molecular formula is C14H14N2O2S. The summed E-state index contributed by atoms with van der Waals surface area (Å²) in [7, 11) is 0. The number of pyridine rings is 1. The monoisotopic (exact) mass is 274 g/mol. The third kappa shape index (κ3) is 2.83. The molecule has 0 radical (unpaired) electrons. The number of benzene rings is 1. The Morgan fingerprint density at radius 3 is 2.79 bits per heavy atom.